The maximum absolute atomic E-state index is 10.8. The summed E-state index contributed by atoms with van der Waals surface area (Å²) < 4.78 is 1.47. The summed E-state index contributed by atoms with van der Waals surface area (Å²) in [5.41, 5.74) is 1.15. The van der Waals surface area contributed by atoms with Gasteiger partial charge in [-0.25, -0.2) is 9.78 Å². The molecule has 0 fully saturated rings. The summed E-state index contributed by atoms with van der Waals surface area (Å²) in [6.45, 7) is 0. The van der Waals surface area contributed by atoms with Crippen LogP contribution in [0.25, 0.3) is 12.3 Å². The highest BCUT2D eigenvalue weighted by Crippen LogP contribution is 2.05. The molecule has 0 radical (unpaired) electrons. The van der Waals surface area contributed by atoms with Crippen molar-refractivity contribution in [3.8, 4) is 0 Å². The van der Waals surface area contributed by atoms with Gasteiger partial charge in [-0.15, -0.1) is 0 Å². The number of nitrogens with zero attached hydrogens (tertiary/aromatic N) is 2. The van der Waals surface area contributed by atoms with Gasteiger partial charge in [-0.3, -0.25) is 0 Å². The van der Waals surface area contributed by atoms with E-state index in [0.29, 0.717) is 0 Å². The Kier molecular flexibility index (Phi) is 2.82. The number of imidazole rings is 1. The summed E-state index contributed by atoms with van der Waals surface area (Å²) in [5, 5.41) is 8.86. The third-order valence-electron chi connectivity index (χ3n) is 2.11. The van der Waals surface area contributed by atoms with Crippen LogP contribution in [-0.2, 0) is 0 Å². The highest BCUT2D eigenvalue weighted by molar-refractivity contribution is 5.86. The van der Waals surface area contributed by atoms with Crippen LogP contribution in [0, 0.1) is 0 Å². The van der Waals surface area contributed by atoms with E-state index in [2.05, 4.69) is 4.98 Å². The van der Waals surface area contributed by atoms with Gasteiger partial charge in [0, 0.05) is 6.20 Å². The number of benzene rings is 1. The van der Waals surface area contributed by atoms with Crippen LogP contribution in [-0.4, -0.2) is 20.6 Å². The monoisotopic (exact) mass is 214 g/mol. The zero-order valence-electron chi connectivity index (χ0n) is 8.45. The molecule has 4 heteroatoms. The van der Waals surface area contributed by atoms with Gasteiger partial charge >= 0.3 is 5.97 Å². The van der Waals surface area contributed by atoms with Gasteiger partial charge in [0.05, 0.1) is 12.5 Å². The number of carbonyl (C=O) groups is 1. The Bertz CT molecular complexity index is 515. The Morgan fingerprint density at radius 1 is 1.31 bits per heavy atom. The molecule has 0 aliphatic carbocycles. The summed E-state index contributed by atoms with van der Waals surface area (Å²) in [6, 6.07) is 9.65. The van der Waals surface area contributed by atoms with Crippen molar-refractivity contribution in [1.82, 2.24) is 9.55 Å². The van der Waals surface area contributed by atoms with Crippen molar-refractivity contribution in [3.63, 3.8) is 0 Å². The molecule has 0 unspecified atom stereocenters. The van der Waals surface area contributed by atoms with Gasteiger partial charge in [-0.05, 0) is 11.6 Å². The predicted molar refractivity (Wildman–Crippen MR) is 60.9 cm³/mol. The Hall–Kier alpha value is -2.36. The van der Waals surface area contributed by atoms with Gasteiger partial charge in [-0.2, -0.15) is 0 Å². The molecule has 4 nitrogen and oxygen atoms in total. The number of carboxylic acids is 1. The minimum absolute atomic E-state index is 0.146. The quantitative estimate of drug-likeness (QED) is 0.852. The van der Waals surface area contributed by atoms with Gasteiger partial charge < -0.3 is 9.67 Å². The lowest BCUT2D eigenvalue weighted by molar-refractivity contribution is 0.0689. The van der Waals surface area contributed by atoms with Crippen LogP contribution in [0.4, 0.5) is 0 Å². The molecule has 0 aliphatic rings. The molecule has 1 aromatic heterocycles. The fourth-order valence-corrected chi connectivity index (χ4v) is 1.32. The molecule has 2 aromatic rings. The van der Waals surface area contributed by atoms with Gasteiger partial charge in [-0.1, -0.05) is 30.3 Å². The first-order chi connectivity index (χ1) is 7.77. The summed E-state index contributed by atoms with van der Waals surface area (Å²) >= 11 is 0. The minimum atomic E-state index is -0.991. The van der Waals surface area contributed by atoms with Crippen LogP contribution in [0.15, 0.2) is 42.9 Å². The third kappa shape index (κ3) is 2.17. The first-order valence-electron chi connectivity index (χ1n) is 4.76. The number of aromatic carboxylic acids is 1. The molecular weight excluding hydrogens is 204 g/mol. The van der Waals surface area contributed by atoms with E-state index >= 15 is 0 Å². The minimum Gasteiger partial charge on any atom is -0.477 e. The maximum Gasteiger partial charge on any atom is 0.354 e. The van der Waals surface area contributed by atoms with Crippen molar-refractivity contribution in [2.45, 2.75) is 0 Å². The molecular formula is C12H10N2O2. The lowest BCUT2D eigenvalue weighted by atomic mass is 10.2. The molecule has 0 atom stereocenters. The van der Waals surface area contributed by atoms with Crippen LogP contribution < -0.4 is 0 Å². The van der Waals surface area contributed by atoms with Gasteiger partial charge in [0.15, 0.2) is 5.69 Å². The smallest absolute Gasteiger partial charge is 0.354 e. The van der Waals surface area contributed by atoms with Crippen LogP contribution in [0.1, 0.15) is 16.1 Å². The van der Waals surface area contributed by atoms with Crippen molar-refractivity contribution < 1.29 is 9.90 Å². The van der Waals surface area contributed by atoms with E-state index in [1.807, 2.05) is 36.4 Å². The predicted octanol–water partition coefficient (Wildman–Crippen LogP) is 2.21. The van der Waals surface area contributed by atoms with E-state index in [1.54, 1.807) is 6.20 Å². The molecule has 0 bridgehead atoms. The second-order valence-corrected chi connectivity index (χ2v) is 3.22. The lowest BCUT2D eigenvalue weighted by Gasteiger charge is -1.97. The largest absolute Gasteiger partial charge is 0.477 e. The van der Waals surface area contributed by atoms with Crippen LogP contribution in [0.3, 0.4) is 0 Å². The zero-order valence-corrected chi connectivity index (χ0v) is 8.45. The van der Waals surface area contributed by atoms with Crippen molar-refractivity contribution in [3.05, 3.63) is 54.1 Å². The molecule has 0 amide bonds. The standard InChI is InChI=1S/C12H10N2O2/c15-12(16)11-8-13-9-14(11)7-6-10-4-2-1-3-5-10/h1-9H,(H,15,16). The van der Waals surface area contributed by atoms with Crippen LogP contribution in [0.2, 0.25) is 0 Å². The number of rotatable bonds is 3. The van der Waals surface area contributed by atoms with Crippen LogP contribution in [0.5, 0.6) is 0 Å². The fourth-order valence-electron chi connectivity index (χ4n) is 1.32. The molecule has 0 saturated heterocycles. The summed E-state index contributed by atoms with van der Waals surface area (Å²) in [4.78, 5) is 14.6. The first kappa shape index (κ1) is 10.2. The average Bonchev–Trinajstić information content (AvgIpc) is 2.76. The highest BCUT2D eigenvalue weighted by atomic mass is 16.4. The number of hydrogen-bond acceptors (Lipinski definition) is 2. The molecule has 80 valence electrons. The van der Waals surface area contributed by atoms with Crippen molar-refractivity contribution in [2.24, 2.45) is 0 Å². The molecule has 0 spiro atoms. The topological polar surface area (TPSA) is 55.1 Å². The molecule has 1 aromatic carbocycles. The van der Waals surface area contributed by atoms with Gasteiger partial charge in [0.1, 0.15) is 0 Å². The van der Waals surface area contributed by atoms with E-state index in [-0.39, 0.29) is 5.69 Å². The SMILES string of the molecule is O=C(O)c1cncn1C=Cc1ccccc1. The van der Waals surface area contributed by atoms with Crippen molar-refractivity contribution in [1.29, 1.82) is 0 Å². The lowest BCUT2D eigenvalue weighted by Crippen LogP contribution is -2.01. The highest BCUT2D eigenvalue weighted by Gasteiger charge is 2.06. The van der Waals surface area contributed by atoms with Crippen molar-refractivity contribution in [2.75, 3.05) is 0 Å². The zero-order chi connectivity index (χ0) is 11.4. The summed E-state index contributed by atoms with van der Waals surface area (Å²) in [6.07, 6.45) is 6.28. The van der Waals surface area contributed by atoms with E-state index in [9.17, 15) is 4.79 Å². The summed E-state index contributed by atoms with van der Waals surface area (Å²) in [7, 11) is 0. The Morgan fingerprint density at radius 3 is 2.75 bits per heavy atom. The molecule has 0 saturated carbocycles. The number of hydrogen-bond donors (Lipinski definition) is 1. The maximum atomic E-state index is 10.8. The molecule has 1 heterocycles. The average molecular weight is 214 g/mol. The van der Waals surface area contributed by atoms with E-state index in [1.165, 1.54) is 17.1 Å². The normalized spacial score (nSPS) is 10.8. The second kappa shape index (κ2) is 4.44. The van der Waals surface area contributed by atoms with E-state index in [0.717, 1.165) is 5.56 Å². The number of aromatic nitrogens is 2. The Labute approximate surface area is 92.5 Å². The molecule has 2 rings (SSSR count). The first-order valence-corrected chi connectivity index (χ1v) is 4.76. The van der Waals surface area contributed by atoms with E-state index < -0.39 is 5.97 Å². The molecule has 16 heavy (non-hydrogen) atoms. The Balaban J connectivity index is 2.24. The van der Waals surface area contributed by atoms with Gasteiger partial charge in [0.25, 0.3) is 0 Å². The van der Waals surface area contributed by atoms with Gasteiger partial charge in [0.2, 0.25) is 0 Å². The molecule has 0 aliphatic heterocycles. The summed E-state index contributed by atoms with van der Waals surface area (Å²) in [5.74, 6) is -0.991. The van der Waals surface area contributed by atoms with Crippen LogP contribution >= 0.6 is 0 Å². The Morgan fingerprint density at radius 2 is 2.06 bits per heavy atom. The third-order valence-corrected chi connectivity index (χ3v) is 2.11. The second-order valence-electron chi connectivity index (χ2n) is 3.22. The van der Waals surface area contributed by atoms with E-state index in [4.69, 9.17) is 5.11 Å². The fraction of sp³-hybridized carbons (Fsp3) is 0. The number of carboxylic acid groups (broad SMARTS) is 1. The van der Waals surface area contributed by atoms with Crippen molar-refractivity contribution >= 4 is 18.2 Å². The molecule has 1 N–H and O–H groups in total.